The second-order valence-electron chi connectivity index (χ2n) is 2.43. The molecule has 66 valence electrons. The Hall–Kier alpha value is 0.600. The van der Waals surface area contributed by atoms with Gasteiger partial charge in [0.1, 0.15) is 0 Å². The molecule has 12 heavy (non-hydrogen) atoms. The summed E-state index contributed by atoms with van der Waals surface area (Å²) >= 11 is 4.50. The van der Waals surface area contributed by atoms with Crippen molar-refractivity contribution in [2.75, 3.05) is 6.54 Å². The number of hydrogen-bond donors (Lipinski definition) is 2. The van der Waals surface area contributed by atoms with Crippen molar-refractivity contribution < 1.29 is 5.11 Å². The molecule has 1 aromatic carbocycles. The summed E-state index contributed by atoms with van der Waals surface area (Å²) in [4.78, 5) is 0. The van der Waals surface area contributed by atoms with Gasteiger partial charge in [0.05, 0.1) is 6.10 Å². The molecule has 0 saturated carbocycles. The van der Waals surface area contributed by atoms with Crippen LogP contribution in [0.5, 0.6) is 0 Å². The lowest BCUT2D eigenvalue weighted by Crippen LogP contribution is -2.11. The number of nitrogens with two attached hydrogens (primary N) is 1. The van der Waals surface area contributed by atoms with Gasteiger partial charge in [-0.1, -0.05) is 6.07 Å². The lowest BCUT2D eigenvalue weighted by atomic mass is 10.1. The Morgan fingerprint density at radius 3 is 2.50 bits per heavy atom. The predicted octanol–water partition coefficient (Wildman–Crippen LogP) is 1.89. The van der Waals surface area contributed by atoms with Gasteiger partial charge in [-0.3, -0.25) is 0 Å². The highest BCUT2D eigenvalue weighted by molar-refractivity contribution is 14.1. The van der Waals surface area contributed by atoms with Gasteiger partial charge in [0.2, 0.25) is 0 Å². The van der Waals surface area contributed by atoms with Crippen molar-refractivity contribution in [2.45, 2.75) is 6.10 Å². The van der Waals surface area contributed by atoms with Crippen molar-refractivity contribution in [1.82, 2.24) is 0 Å². The molecule has 2 nitrogen and oxygen atoms in total. The Morgan fingerprint density at radius 1 is 1.33 bits per heavy atom. The van der Waals surface area contributed by atoms with Crippen molar-refractivity contribution in [3.8, 4) is 0 Å². The fourth-order valence-corrected chi connectivity index (χ4v) is 1.73. The molecular formula is C8H9I2NO. The largest absolute Gasteiger partial charge is 0.387 e. The third kappa shape index (κ3) is 2.54. The topological polar surface area (TPSA) is 46.2 Å². The zero-order valence-electron chi connectivity index (χ0n) is 6.30. The van der Waals surface area contributed by atoms with Crippen LogP contribution in [0.25, 0.3) is 0 Å². The van der Waals surface area contributed by atoms with E-state index in [9.17, 15) is 5.11 Å². The van der Waals surface area contributed by atoms with Crippen molar-refractivity contribution in [2.24, 2.45) is 5.73 Å². The summed E-state index contributed by atoms with van der Waals surface area (Å²) in [6.07, 6.45) is -0.532. The molecule has 1 aromatic rings. The maximum Gasteiger partial charge on any atom is 0.0912 e. The monoisotopic (exact) mass is 389 g/mol. The van der Waals surface area contributed by atoms with Gasteiger partial charge in [-0.25, -0.2) is 0 Å². The quantitative estimate of drug-likeness (QED) is 0.760. The van der Waals surface area contributed by atoms with Crippen LogP contribution in [-0.4, -0.2) is 11.7 Å². The van der Waals surface area contributed by atoms with Crippen molar-refractivity contribution in [1.29, 1.82) is 0 Å². The van der Waals surface area contributed by atoms with Gasteiger partial charge in [-0.15, -0.1) is 0 Å². The smallest absolute Gasteiger partial charge is 0.0912 e. The Morgan fingerprint density at radius 2 is 2.00 bits per heavy atom. The third-order valence-electron chi connectivity index (χ3n) is 1.55. The molecule has 0 amide bonds. The summed E-state index contributed by atoms with van der Waals surface area (Å²) < 4.78 is 2.35. The first-order valence-corrected chi connectivity index (χ1v) is 5.64. The second kappa shape index (κ2) is 4.73. The molecule has 3 N–H and O–H groups in total. The van der Waals surface area contributed by atoms with Crippen LogP contribution in [0.2, 0.25) is 0 Å². The van der Waals surface area contributed by atoms with Gasteiger partial charge in [0.15, 0.2) is 0 Å². The van der Waals surface area contributed by atoms with E-state index in [2.05, 4.69) is 45.2 Å². The average Bonchev–Trinajstić information content (AvgIpc) is 2.08. The Labute approximate surface area is 98.8 Å². The van der Waals surface area contributed by atoms with E-state index in [1.807, 2.05) is 18.2 Å². The van der Waals surface area contributed by atoms with Gasteiger partial charge >= 0.3 is 0 Å². The minimum Gasteiger partial charge on any atom is -0.387 e. The first kappa shape index (κ1) is 10.7. The molecule has 0 saturated heterocycles. The first-order chi connectivity index (χ1) is 5.65. The zero-order valence-corrected chi connectivity index (χ0v) is 10.6. The second-order valence-corrected chi connectivity index (χ2v) is 4.75. The van der Waals surface area contributed by atoms with E-state index in [1.165, 1.54) is 3.57 Å². The fourth-order valence-electron chi connectivity index (χ4n) is 0.856. The van der Waals surface area contributed by atoms with Crippen LogP contribution >= 0.6 is 45.2 Å². The van der Waals surface area contributed by atoms with Crippen LogP contribution in [0, 0.1) is 7.14 Å². The van der Waals surface area contributed by atoms with Gasteiger partial charge in [0.25, 0.3) is 0 Å². The number of halogens is 2. The summed E-state index contributed by atoms with van der Waals surface area (Å²) in [5.41, 5.74) is 6.23. The maximum atomic E-state index is 9.41. The van der Waals surface area contributed by atoms with Crippen molar-refractivity contribution in [3.05, 3.63) is 30.9 Å². The van der Waals surface area contributed by atoms with Crippen LogP contribution in [0.3, 0.4) is 0 Å². The molecule has 0 heterocycles. The van der Waals surface area contributed by atoms with E-state index < -0.39 is 6.10 Å². The number of hydrogen-bond acceptors (Lipinski definition) is 2. The molecule has 0 spiro atoms. The molecule has 0 aromatic heterocycles. The van der Waals surface area contributed by atoms with Crippen LogP contribution in [-0.2, 0) is 0 Å². The van der Waals surface area contributed by atoms with Crippen LogP contribution in [0.1, 0.15) is 11.7 Å². The molecule has 1 unspecified atom stereocenters. The molecule has 1 rings (SSSR count). The lowest BCUT2D eigenvalue weighted by Gasteiger charge is -2.08. The molecule has 0 aliphatic carbocycles. The van der Waals surface area contributed by atoms with Crippen molar-refractivity contribution in [3.63, 3.8) is 0 Å². The van der Waals surface area contributed by atoms with Crippen LogP contribution in [0.4, 0.5) is 0 Å². The van der Waals surface area contributed by atoms with E-state index in [0.717, 1.165) is 9.13 Å². The van der Waals surface area contributed by atoms with Gasteiger partial charge in [-0.2, -0.15) is 0 Å². The van der Waals surface area contributed by atoms with Gasteiger partial charge < -0.3 is 10.8 Å². The predicted molar refractivity (Wildman–Crippen MR) is 65.9 cm³/mol. The van der Waals surface area contributed by atoms with E-state index in [0.29, 0.717) is 0 Å². The normalized spacial score (nSPS) is 13.0. The molecule has 0 radical (unpaired) electrons. The molecule has 0 aliphatic heterocycles. The molecule has 1 atom stereocenters. The summed E-state index contributed by atoms with van der Waals surface area (Å²) in [5.74, 6) is 0. The van der Waals surface area contributed by atoms with E-state index >= 15 is 0 Å². The summed E-state index contributed by atoms with van der Waals surface area (Å²) in [5, 5.41) is 9.41. The Balaban J connectivity index is 2.96. The molecule has 0 fully saturated rings. The van der Waals surface area contributed by atoms with Crippen LogP contribution < -0.4 is 5.73 Å². The lowest BCUT2D eigenvalue weighted by molar-refractivity contribution is 0.186. The van der Waals surface area contributed by atoms with Gasteiger partial charge in [-0.05, 0) is 62.9 Å². The molecule has 0 bridgehead atoms. The first-order valence-electron chi connectivity index (χ1n) is 3.48. The number of rotatable bonds is 2. The molecule has 0 aliphatic rings. The average molecular weight is 389 g/mol. The highest BCUT2D eigenvalue weighted by Crippen LogP contribution is 2.20. The Kier molecular flexibility index (Phi) is 4.21. The highest BCUT2D eigenvalue weighted by atomic mass is 127. The third-order valence-corrected chi connectivity index (χ3v) is 4.42. The standard InChI is InChI=1S/C8H9I2NO/c9-6-2-1-5(3-7(6)10)8(12)4-11/h1-3,8,12H,4,11H2. The summed E-state index contributed by atoms with van der Waals surface area (Å²) in [6.45, 7) is 0.274. The van der Waals surface area contributed by atoms with Crippen LogP contribution in [0.15, 0.2) is 18.2 Å². The number of benzene rings is 1. The maximum absolute atomic E-state index is 9.41. The molecular weight excluding hydrogens is 380 g/mol. The number of aliphatic hydroxyl groups excluding tert-OH is 1. The van der Waals surface area contributed by atoms with E-state index in [-0.39, 0.29) is 6.54 Å². The zero-order chi connectivity index (χ0) is 9.14. The summed E-state index contributed by atoms with van der Waals surface area (Å²) in [7, 11) is 0. The van der Waals surface area contributed by atoms with Crippen molar-refractivity contribution >= 4 is 45.2 Å². The van der Waals surface area contributed by atoms with Gasteiger partial charge in [0, 0.05) is 13.7 Å². The fraction of sp³-hybridized carbons (Fsp3) is 0.250. The minimum atomic E-state index is -0.532. The number of aliphatic hydroxyl groups is 1. The molecule has 4 heteroatoms. The highest BCUT2D eigenvalue weighted by Gasteiger charge is 2.05. The van der Waals surface area contributed by atoms with E-state index in [4.69, 9.17) is 5.73 Å². The summed E-state index contributed by atoms with van der Waals surface area (Å²) in [6, 6.07) is 5.85. The van der Waals surface area contributed by atoms with E-state index in [1.54, 1.807) is 0 Å². The Bertz CT molecular complexity index is 278. The minimum absolute atomic E-state index is 0.274. The SMILES string of the molecule is NCC(O)c1ccc(I)c(I)c1.